The molecule has 0 spiro atoms. The van der Waals surface area contributed by atoms with Gasteiger partial charge in [-0.15, -0.1) is 0 Å². The summed E-state index contributed by atoms with van der Waals surface area (Å²) in [6.45, 7) is 3.05. The molecule has 2 rings (SSSR count). The van der Waals surface area contributed by atoms with E-state index < -0.39 is 0 Å². The number of nitro groups is 1. The van der Waals surface area contributed by atoms with Crippen LogP contribution in [0.5, 0.6) is 5.75 Å². The first-order valence-corrected chi connectivity index (χ1v) is 13.3. The number of nitro benzene ring substituents is 1. The maximum atomic E-state index is 10.7. The second kappa shape index (κ2) is 17.8. The number of hydrogen-bond acceptors (Lipinski definition) is 3. The van der Waals surface area contributed by atoms with Gasteiger partial charge < -0.3 is 4.74 Å². The maximum Gasteiger partial charge on any atom is 0.269 e. The Balaban J connectivity index is 1.47. The molecule has 0 amide bonds. The fourth-order valence-electron chi connectivity index (χ4n) is 4.06. The van der Waals surface area contributed by atoms with Crippen LogP contribution in [0.3, 0.4) is 0 Å². The van der Waals surface area contributed by atoms with Crippen LogP contribution in [-0.2, 0) is 0 Å². The van der Waals surface area contributed by atoms with Gasteiger partial charge in [0.2, 0.25) is 0 Å². The molecule has 0 aliphatic rings. The van der Waals surface area contributed by atoms with Crippen LogP contribution in [0.1, 0.15) is 108 Å². The van der Waals surface area contributed by atoms with E-state index in [1.807, 2.05) is 36.4 Å². The van der Waals surface area contributed by atoms with Crippen LogP contribution < -0.4 is 4.74 Å². The topological polar surface area (TPSA) is 52.4 Å². The minimum Gasteiger partial charge on any atom is -0.494 e. The molecule has 0 aliphatic heterocycles. The van der Waals surface area contributed by atoms with Gasteiger partial charge in [-0.25, -0.2) is 0 Å². The van der Waals surface area contributed by atoms with Gasteiger partial charge in [-0.3, -0.25) is 10.1 Å². The van der Waals surface area contributed by atoms with Crippen molar-refractivity contribution in [2.45, 2.75) is 96.8 Å². The van der Waals surface area contributed by atoms with E-state index in [0.717, 1.165) is 29.9 Å². The molecule has 0 atom stereocenters. The standard InChI is InChI=1S/C30H43NO3/c1-2-3-4-5-6-7-8-9-10-11-12-13-14-15-26-34-30-24-20-28(21-25-30)17-16-27-18-22-29(23-19-27)31(32)33/h16-25H,2-15,26H2,1H3. The van der Waals surface area contributed by atoms with Crippen LogP contribution in [-0.4, -0.2) is 11.5 Å². The predicted molar refractivity (Wildman–Crippen MR) is 144 cm³/mol. The molecule has 0 saturated heterocycles. The highest BCUT2D eigenvalue weighted by Crippen LogP contribution is 2.18. The summed E-state index contributed by atoms with van der Waals surface area (Å²) >= 11 is 0. The van der Waals surface area contributed by atoms with Gasteiger partial charge in [0.15, 0.2) is 0 Å². The van der Waals surface area contributed by atoms with Crippen molar-refractivity contribution in [1.29, 1.82) is 0 Å². The van der Waals surface area contributed by atoms with Crippen molar-refractivity contribution in [2.75, 3.05) is 6.61 Å². The largest absolute Gasteiger partial charge is 0.494 e. The summed E-state index contributed by atoms with van der Waals surface area (Å²) in [5, 5.41) is 10.7. The third-order valence-corrected chi connectivity index (χ3v) is 6.22. The zero-order chi connectivity index (χ0) is 24.3. The predicted octanol–water partition coefficient (Wildman–Crippen LogP) is 9.63. The van der Waals surface area contributed by atoms with Crippen molar-refractivity contribution in [3.8, 4) is 5.75 Å². The fourth-order valence-corrected chi connectivity index (χ4v) is 4.06. The zero-order valence-electron chi connectivity index (χ0n) is 21.1. The molecule has 0 N–H and O–H groups in total. The second-order valence-corrected chi connectivity index (χ2v) is 9.20. The molecule has 186 valence electrons. The molecule has 0 bridgehead atoms. The van der Waals surface area contributed by atoms with E-state index in [0.29, 0.717) is 0 Å². The molecule has 2 aromatic rings. The van der Waals surface area contributed by atoms with Crippen molar-refractivity contribution in [1.82, 2.24) is 0 Å². The lowest BCUT2D eigenvalue weighted by atomic mass is 10.0. The third kappa shape index (κ3) is 12.6. The van der Waals surface area contributed by atoms with Gasteiger partial charge in [0, 0.05) is 12.1 Å². The van der Waals surface area contributed by atoms with Gasteiger partial charge >= 0.3 is 0 Å². The lowest BCUT2D eigenvalue weighted by Crippen LogP contribution is -1.97. The SMILES string of the molecule is CCCCCCCCCCCCCCCCOc1ccc(C=Cc2ccc([N+](=O)[O-])cc2)cc1. The van der Waals surface area contributed by atoms with Crippen LogP contribution in [0.2, 0.25) is 0 Å². The second-order valence-electron chi connectivity index (χ2n) is 9.20. The van der Waals surface area contributed by atoms with Crippen molar-refractivity contribution < 1.29 is 9.66 Å². The molecular formula is C30H43NO3. The molecule has 4 nitrogen and oxygen atoms in total. The van der Waals surface area contributed by atoms with Crippen molar-refractivity contribution in [3.05, 3.63) is 69.8 Å². The summed E-state index contributed by atoms with van der Waals surface area (Å²) in [4.78, 5) is 10.3. The number of non-ortho nitro benzene ring substituents is 1. The summed E-state index contributed by atoms with van der Waals surface area (Å²) in [6.07, 6.45) is 23.0. The Morgan fingerprint density at radius 1 is 0.647 bits per heavy atom. The molecule has 34 heavy (non-hydrogen) atoms. The van der Waals surface area contributed by atoms with E-state index in [2.05, 4.69) is 6.92 Å². The highest BCUT2D eigenvalue weighted by Gasteiger charge is 2.02. The van der Waals surface area contributed by atoms with Crippen LogP contribution in [0, 0.1) is 10.1 Å². The quantitative estimate of drug-likeness (QED) is 0.0898. The fraction of sp³-hybridized carbons (Fsp3) is 0.533. The summed E-state index contributed by atoms with van der Waals surface area (Å²) in [5.74, 6) is 0.905. The summed E-state index contributed by atoms with van der Waals surface area (Å²) < 4.78 is 5.88. The lowest BCUT2D eigenvalue weighted by molar-refractivity contribution is -0.384. The van der Waals surface area contributed by atoms with Gasteiger partial charge in [0.25, 0.3) is 5.69 Å². The molecular weight excluding hydrogens is 422 g/mol. The lowest BCUT2D eigenvalue weighted by Gasteiger charge is -2.07. The molecule has 0 fully saturated rings. The first-order valence-electron chi connectivity index (χ1n) is 13.3. The van der Waals surface area contributed by atoms with E-state index in [1.165, 1.54) is 95.6 Å². The maximum absolute atomic E-state index is 10.7. The summed E-state index contributed by atoms with van der Waals surface area (Å²) in [6, 6.07) is 14.6. The first-order chi connectivity index (χ1) is 16.7. The number of nitrogens with zero attached hydrogens (tertiary/aromatic N) is 1. The van der Waals surface area contributed by atoms with Gasteiger partial charge in [-0.1, -0.05) is 115 Å². The van der Waals surface area contributed by atoms with Crippen molar-refractivity contribution >= 4 is 17.8 Å². The molecule has 0 heterocycles. The van der Waals surface area contributed by atoms with Gasteiger partial charge in [-0.05, 0) is 41.8 Å². The Hall–Kier alpha value is -2.62. The van der Waals surface area contributed by atoms with Crippen molar-refractivity contribution in [2.24, 2.45) is 0 Å². The van der Waals surface area contributed by atoms with Crippen LogP contribution in [0.4, 0.5) is 5.69 Å². The Morgan fingerprint density at radius 3 is 1.50 bits per heavy atom. The smallest absolute Gasteiger partial charge is 0.269 e. The molecule has 2 aromatic carbocycles. The molecule has 0 radical (unpaired) electrons. The summed E-state index contributed by atoms with van der Waals surface area (Å²) in [5.41, 5.74) is 2.11. The molecule has 0 saturated carbocycles. The highest BCUT2D eigenvalue weighted by molar-refractivity contribution is 5.70. The first kappa shape index (κ1) is 27.6. The van der Waals surface area contributed by atoms with Gasteiger partial charge in [0.05, 0.1) is 11.5 Å². The van der Waals surface area contributed by atoms with Crippen LogP contribution in [0.25, 0.3) is 12.2 Å². The van der Waals surface area contributed by atoms with E-state index in [4.69, 9.17) is 4.74 Å². The average molecular weight is 466 g/mol. The molecule has 0 aliphatic carbocycles. The number of rotatable bonds is 19. The third-order valence-electron chi connectivity index (χ3n) is 6.22. The highest BCUT2D eigenvalue weighted by atomic mass is 16.6. The monoisotopic (exact) mass is 465 g/mol. The van der Waals surface area contributed by atoms with Gasteiger partial charge in [0.1, 0.15) is 5.75 Å². The normalized spacial score (nSPS) is 11.2. The number of ether oxygens (including phenoxy) is 1. The molecule has 0 unspecified atom stereocenters. The average Bonchev–Trinajstić information content (AvgIpc) is 2.86. The van der Waals surface area contributed by atoms with Crippen LogP contribution in [0.15, 0.2) is 48.5 Å². The minimum atomic E-state index is -0.384. The Morgan fingerprint density at radius 2 is 1.06 bits per heavy atom. The Labute approximate surface area is 206 Å². The van der Waals surface area contributed by atoms with E-state index in [9.17, 15) is 10.1 Å². The summed E-state index contributed by atoms with van der Waals surface area (Å²) in [7, 11) is 0. The Kier molecular flexibility index (Phi) is 14.5. The van der Waals surface area contributed by atoms with Crippen molar-refractivity contribution in [3.63, 3.8) is 0 Å². The van der Waals surface area contributed by atoms with E-state index >= 15 is 0 Å². The zero-order valence-corrected chi connectivity index (χ0v) is 21.1. The molecule has 4 heteroatoms. The Bertz CT molecular complexity index is 812. The van der Waals surface area contributed by atoms with Gasteiger partial charge in [-0.2, -0.15) is 0 Å². The minimum absolute atomic E-state index is 0.109. The number of benzene rings is 2. The van der Waals surface area contributed by atoms with Crippen LogP contribution >= 0.6 is 0 Å². The number of unbranched alkanes of at least 4 members (excludes halogenated alkanes) is 13. The van der Waals surface area contributed by atoms with E-state index in [1.54, 1.807) is 12.1 Å². The molecule has 0 aromatic heterocycles. The van der Waals surface area contributed by atoms with E-state index in [-0.39, 0.29) is 10.6 Å². The number of hydrogen-bond donors (Lipinski definition) is 0.